The maximum atomic E-state index is 3.52. The van der Waals surface area contributed by atoms with Gasteiger partial charge in [0.25, 0.3) is 0 Å². The number of nitrogens with one attached hydrogen (secondary N) is 1. The summed E-state index contributed by atoms with van der Waals surface area (Å²) < 4.78 is 2.21. The monoisotopic (exact) mass is 194 g/mol. The molecule has 0 saturated heterocycles. The quantitative estimate of drug-likeness (QED) is 0.762. The fourth-order valence-electron chi connectivity index (χ4n) is 1.31. The van der Waals surface area contributed by atoms with Gasteiger partial charge in [-0.05, 0) is 31.4 Å². The molecule has 0 bridgehead atoms. The lowest BCUT2D eigenvalue weighted by Gasteiger charge is -2.16. The molecule has 0 spiro atoms. The van der Waals surface area contributed by atoms with Crippen molar-refractivity contribution in [1.82, 2.24) is 9.88 Å². The first kappa shape index (κ1) is 11.3. The SMILES string of the molecule is CCn1ccc(CNC(C)C(C)C)c1. The number of nitrogens with zero attached hydrogens (tertiary/aromatic N) is 1. The lowest BCUT2D eigenvalue weighted by atomic mass is 10.1. The molecule has 0 fully saturated rings. The van der Waals surface area contributed by atoms with Crippen molar-refractivity contribution in [1.29, 1.82) is 0 Å². The third-order valence-corrected chi connectivity index (χ3v) is 2.81. The molecular weight excluding hydrogens is 172 g/mol. The maximum Gasteiger partial charge on any atom is 0.0223 e. The Morgan fingerprint density at radius 1 is 1.36 bits per heavy atom. The van der Waals surface area contributed by atoms with Gasteiger partial charge in [-0.3, -0.25) is 0 Å². The average molecular weight is 194 g/mol. The molecule has 80 valence electrons. The molecule has 0 aliphatic rings. The summed E-state index contributed by atoms with van der Waals surface area (Å²) in [4.78, 5) is 0. The molecule has 1 atom stereocenters. The Morgan fingerprint density at radius 2 is 2.07 bits per heavy atom. The third-order valence-electron chi connectivity index (χ3n) is 2.81. The molecule has 1 heterocycles. The lowest BCUT2D eigenvalue weighted by molar-refractivity contribution is 0.426. The summed E-state index contributed by atoms with van der Waals surface area (Å²) >= 11 is 0. The van der Waals surface area contributed by atoms with Crippen LogP contribution in [0, 0.1) is 5.92 Å². The third kappa shape index (κ3) is 3.18. The van der Waals surface area contributed by atoms with Crippen molar-refractivity contribution in [2.45, 2.75) is 46.8 Å². The van der Waals surface area contributed by atoms with Crippen molar-refractivity contribution in [2.75, 3.05) is 0 Å². The largest absolute Gasteiger partial charge is 0.354 e. The van der Waals surface area contributed by atoms with E-state index in [0.717, 1.165) is 13.1 Å². The van der Waals surface area contributed by atoms with Crippen LogP contribution in [0.3, 0.4) is 0 Å². The maximum absolute atomic E-state index is 3.52. The van der Waals surface area contributed by atoms with Gasteiger partial charge in [-0.25, -0.2) is 0 Å². The Hall–Kier alpha value is -0.760. The zero-order valence-electron chi connectivity index (χ0n) is 9.75. The van der Waals surface area contributed by atoms with Gasteiger partial charge < -0.3 is 9.88 Å². The normalized spacial score (nSPS) is 13.5. The van der Waals surface area contributed by atoms with Crippen molar-refractivity contribution >= 4 is 0 Å². The lowest BCUT2D eigenvalue weighted by Crippen LogP contribution is -2.29. The fourth-order valence-corrected chi connectivity index (χ4v) is 1.31. The van der Waals surface area contributed by atoms with Crippen LogP contribution in [0.5, 0.6) is 0 Å². The van der Waals surface area contributed by atoms with E-state index in [1.54, 1.807) is 0 Å². The Kier molecular flexibility index (Phi) is 4.21. The number of rotatable bonds is 5. The number of hydrogen-bond acceptors (Lipinski definition) is 1. The van der Waals surface area contributed by atoms with Gasteiger partial charge in [-0.1, -0.05) is 13.8 Å². The summed E-state index contributed by atoms with van der Waals surface area (Å²) in [5.41, 5.74) is 1.37. The molecule has 0 aromatic carbocycles. The second-order valence-corrected chi connectivity index (χ2v) is 4.26. The van der Waals surface area contributed by atoms with Gasteiger partial charge in [0.2, 0.25) is 0 Å². The van der Waals surface area contributed by atoms with Crippen LogP contribution in [0.2, 0.25) is 0 Å². The molecule has 0 amide bonds. The van der Waals surface area contributed by atoms with Gasteiger partial charge in [-0.15, -0.1) is 0 Å². The first-order valence-corrected chi connectivity index (χ1v) is 5.51. The van der Waals surface area contributed by atoms with Crippen molar-refractivity contribution in [3.63, 3.8) is 0 Å². The van der Waals surface area contributed by atoms with Gasteiger partial charge in [0.05, 0.1) is 0 Å². The Labute approximate surface area is 87.3 Å². The standard InChI is InChI=1S/C12H22N2/c1-5-14-7-6-12(9-14)8-13-11(4)10(2)3/h6-7,9-11,13H,5,8H2,1-4H3. The molecule has 1 unspecified atom stereocenters. The summed E-state index contributed by atoms with van der Waals surface area (Å²) in [6, 6.07) is 2.77. The zero-order chi connectivity index (χ0) is 10.6. The molecule has 1 aromatic heterocycles. The number of hydrogen-bond donors (Lipinski definition) is 1. The highest BCUT2D eigenvalue weighted by Crippen LogP contribution is 2.04. The van der Waals surface area contributed by atoms with E-state index in [9.17, 15) is 0 Å². The second kappa shape index (κ2) is 5.20. The van der Waals surface area contributed by atoms with Crippen LogP contribution < -0.4 is 5.32 Å². The van der Waals surface area contributed by atoms with Crippen LogP contribution >= 0.6 is 0 Å². The summed E-state index contributed by atoms with van der Waals surface area (Å²) in [5.74, 6) is 0.697. The van der Waals surface area contributed by atoms with Crippen LogP contribution in [-0.4, -0.2) is 10.6 Å². The van der Waals surface area contributed by atoms with Crippen molar-refractivity contribution in [3.8, 4) is 0 Å². The molecule has 2 heteroatoms. The fraction of sp³-hybridized carbons (Fsp3) is 0.667. The highest BCUT2D eigenvalue weighted by atomic mass is 14.9. The molecule has 0 radical (unpaired) electrons. The van der Waals surface area contributed by atoms with E-state index in [0.29, 0.717) is 12.0 Å². The Balaban J connectivity index is 2.37. The van der Waals surface area contributed by atoms with Gasteiger partial charge in [0, 0.05) is 31.5 Å². The predicted octanol–water partition coefficient (Wildman–Crippen LogP) is 2.64. The minimum Gasteiger partial charge on any atom is -0.354 e. The topological polar surface area (TPSA) is 17.0 Å². The minimum atomic E-state index is 0.583. The summed E-state index contributed by atoms with van der Waals surface area (Å²) in [5, 5.41) is 3.52. The molecule has 0 aliphatic carbocycles. The predicted molar refractivity (Wildman–Crippen MR) is 61.2 cm³/mol. The van der Waals surface area contributed by atoms with Gasteiger partial charge in [0.1, 0.15) is 0 Å². The van der Waals surface area contributed by atoms with E-state index in [1.807, 2.05) is 0 Å². The molecule has 0 aliphatic heterocycles. The van der Waals surface area contributed by atoms with Crippen molar-refractivity contribution in [3.05, 3.63) is 24.0 Å². The van der Waals surface area contributed by atoms with Gasteiger partial charge >= 0.3 is 0 Å². The van der Waals surface area contributed by atoms with Crippen LogP contribution in [0.1, 0.15) is 33.3 Å². The van der Waals surface area contributed by atoms with Crippen LogP contribution in [0.15, 0.2) is 18.5 Å². The zero-order valence-corrected chi connectivity index (χ0v) is 9.75. The molecule has 14 heavy (non-hydrogen) atoms. The van der Waals surface area contributed by atoms with E-state index in [2.05, 4.69) is 56.0 Å². The average Bonchev–Trinajstić information content (AvgIpc) is 2.61. The second-order valence-electron chi connectivity index (χ2n) is 4.26. The summed E-state index contributed by atoms with van der Waals surface area (Å²) in [6.07, 6.45) is 4.34. The van der Waals surface area contributed by atoms with E-state index in [1.165, 1.54) is 5.56 Å². The minimum absolute atomic E-state index is 0.583. The van der Waals surface area contributed by atoms with E-state index < -0.39 is 0 Å². The van der Waals surface area contributed by atoms with Crippen molar-refractivity contribution < 1.29 is 0 Å². The number of aryl methyl sites for hydroxylation is 1. The smallest absolute Gasteiger partial charge is 0.0223 e. The highest BCUT2D eigenvalue weighted by Gasteiger charge is 2.05. The van der Waals surface area contributed by atoms with Gasteiger partial charge in [-0.2, -0.15) is 0 Å². The molecule has 1 aromatic rings. The molecular formula is C12H22N2. The van der Waals surface area contributed by atoms with Gasteiger partial charge in [0.15, 0.2) is 0 Å². The first-order chi connectivity index (χ1) is 6.63. The van der Waals surface area contributed by atoms with E-state index >= 15 is 0 Å². The number of aromatic nitrogens is 1. The molecule has 2 nitrogen and oxygen atoms in total. The Bertz CT molecular complexity index is 263. The van der Waals surface area contributed by atoms with Crippen LogP contribution in [0.25, 0.3) is 0 Å². The van der Waals surface area contributed by atoms with E-state index in [-0.39, 0.29) is 0 Å². The highest BCUT2D eigenvalue weighted by molar-refractivity contribution is 5.09. The van der Waals surface area contributed by atoms with Crippen LogP contribution in [0.4, 0.5) is 0 Å². The van der Waals surface area contributed by atoms with Crippen LogP contribution in [-0.2, 0) is 13.1 Å². The molecule has 0 saturated carbocycles. The van der Waals surface area contributed by atoms with Crippen molar-refractivity contribution in [2.24, 2.45) is 5.92 Å². The Morgan fingerprint density at radius 3 is 2.57 bits per heavy atom. The molecule has 1 rings (SSSR count). The first-order valence-electron chi connectivity index (χ1n) is 5.51. The molecule has 1 N–H and O–H groups in total. The summed E-state index contributed by atoms with van der Waals surface area (Å²) in [6.45, 7) is 10.9. The van der Waals surface area contributed by atoms with E-state index in [4.69, 9.17) is 0 Å². The summed E-state index contributed by atoms with van der Waals surface area (Å²) in [7, 11) is 0.